The molecule has 0 unspecified atom stereocenters. The van der Waals surface area contributed by atoms with E-state index in [1.807, 2.05) is 30.3 Å². The molecule has 0 aliphatic carbocycles. The molecule has 10 heteroatoms. The number of carbonyl (C=O) groups excluding carboxylic acids is 1. The summed E-state index contributed by atoms with van der Waals surface area (Å²) in [6.07, 6.45) is 3.58. The maximum absolute atomic E-state index is 12.2. The lowest BCUT2D eigenvalue weighted by Crippen LogP contribution is -2.20. The Hall–Kier alpha value is -3.95. The number of H-pyrrole nitrogens is 3. The van der Waals surface area contributed by atoms with Crippen molar-refractivity contribution in [3.63, 3.8) is 0 Å². The number of carbonyl (C=O) groups is 1. The van der Waals surface area contributed by atoms with Crippen LogP contribution in [0.15, 0.2) is 52.3 Å². The molecule has 2 aliphatic rings. The van der Waals surface area contributed by atoms with Crippen LogP contribution in [-0.4, -0.2) is 43.0 Å². The molecule has 3 N–H and O–H groups in total. The fraction of sp³-hybridized carbons (Fsp3) is 0.167. The molecule has 0 saturated carbocycles. The van der Waals surface area contributed by atoms with Crippen molar-refractivity contribution in [1.82, 2.24) is 29.9 Å². The first kappa shape index (κ1) is 17.5. The molecule has 0 radical (unpaired) electrons. The number of hydrogen-bond acceptors (Lipinski definition) is 6. The lowest BCUT2D eigenvalue weighted by atomic mass is 10.0. The van der Waals surface area contributed by atoms with Gasteiger partial charge in [-0.2, -0.15) is 10.2 Å². The Balaban J connectivity index is 1.90. The Labute approximate surface area is 157 Å². The first-order valence-corrected chi connectivity index (χ1v) is 8.43. The molecule has 0 amide bonds. The van der Waals surface area contributed by atoms with Crippen molar-refractivity contribution in [1.29, 1.82) is 0 Å². The molecule has 1 aromatic heterocycles. The lowest BCUT2D eigenvalue weighted by molar-refractivity contribution is 0.0600. The van der Waals surface area contributed by atoms with Gasteiger partial charge in [-0.15, -0.1) is 0 Å². The largest absolute Gasteiger partial charge is 0.465 e. The number of aromatic nitrogens is 6. The molecule has 142 valence electrons. The van der Waals surface area contributed by atoms with Crippen molar-refractivity contribution in [2.45, 2.75) is 12.5 Å². The average molecular weight is 380 g/mol. The smallest absolute Gasteiger partial charge is 0.341 e. The molecule has 0 bridgehead atoms. The Bertz CT molecular complexity index is 1200. The van der Waals surface area contributed by atoms with Gasteiger partial charge in [-0.1, -0.05) is 30.3 Å². The van der Waals surface area contributed by atoms with Crippen LogP contribution >= 0.6 is 0 Å². The number of ether oxygens (including phenoxy) is 1. The quantitative estimate of drug-likeness (QED) is 0.436. The third-order valence-corrected chi connectivity index (χ3v) is 4.45. The van der Waals surface area contributed by atoms with Crippen LogP contribution in [0.4, 0.5) is 0 Å². The first-order valence-electron chi connectivity index (χ1n) is 8.43. The lowest BCUT2D eigenvalue weighted by Gasteiger charge is -2.20. The highest BCUT2D eigenvalue weighted by Gasteiger charge is 2.26. The fourth-order valence-corrected chi connectivity index (χ4v) is 3.12. The van der Waals surface area contributed by atoms with Gasteiger partial charge >= 0.3 is 11.7 Å². The Morgan fingerprint density at radius 3 is 2.61 bits per heavy atom. The van der Waals surface area contributed by atoms with E-state index in [-0.39, 0.29) is 16.8 Å². The number of pyridine rings is 1. The number of benzene rings is 1. The third kappa shape index (κ3) is 3.11. The second kappa shape index (κ2) is 6.99. The summed E-state index contributed by atoms with van der Waals surface area (Å²) in [6, 6.07) is 9.10. The monoisotopic (exact) mass is 380 g/mol. The van der Waals surface area contributed by atoms with Crippen molar-refractivity contribution in [2.75, 3.05) is 7.11 Å². The second-order valence-corrected chi connectivity index (χ2v) is 6.19. The summed E-state index contributed by atoms with van der Waals surface area (Å²) in [7, 11) is 1.25. The van der Waals surface area contributed by atoms with E-state index in [0.29, 0.717) is 12.2 Å². The highest BCUT2D eigenvalue weighted by Crippen LogP contribution is 2.26. The van der Waals surface area contributed by atoms with Crippen molar-refractivity contribution in [2.24, 2.45) is 0 Å². The maximum atomic E-state index is 12.2. The van der Waals surface area contributed by atoms with E-state index in [1.165, 1.54) is 13.3 Å². The minimum absolute atomic E-state index is 0.134. The Morgan fingerprint density at radius 1 is 1.14 bits per heavy atom. The normalized spacial score (nSPS) is 12.2. The molecular formula is C18H16N6O4. The van der Waals surface area contributed by atoms with E-state index < -0.39 is 23.3 Å². The summed E-state index contributed by atoms with van der Waals surface area (Å²) in [6.45, 7) is 0. The van der Waals surface area contributed by atoms with Gasteiger partial charge in [-0.05, 0) is 5.56 Å². The molecule has 2 aromatic rings. The minimum atomic E-state index is -0.625. The first-order chi connectivity index (χ1) is 13.6. The molecule has 3 heterocycles. The molecular weight excluding hydrogens is 364 g/mol. The van der Waals surface area contributed by atoms with Gasteiger partial charge in [0, 0.05) is 18.8 Å². The SMILES string of the molecule is COC(=O)c1cn([C@H](Cc2ccccc2)c2n[nH]c(=O)[nH]2)cc2c(=O)[nH]nc1-2. The summed E-state index contributed by atoms with van der Waals surface area (Å²) < 4.78 is 6.49. The molecule has 0 spiro atoms. The number of nitrogens with one attached hydrogen (secondary N) is 3. The van der Waals surface area contributed by atoms with Crippen LogP contribution in [0.5, 0.6) is 0 Å². The van der Waals surface area contributed by atoms with Gasteiger partial charge in [0.05, 0.1) is 18.7 Å². The number of fused-ring (bicyclic) bond motifs is 1. The fourth-order valence-electron chi connectivity index (χ4n) is 3.12. The summed E-state index contributed by atoms with van der Waals surface area (Å²) in [5.74, 6) is -0.259. The highest BCUT2D eigenvalue weighted by atomic mass is 16.5. The molecule has 10 nitrogen and oxygen atoms in total. The summed E-state index contributed by atoms with van der Waals surface area (Å²) in [4.78, 5) is 38.6. The molecule has 0 fully saturated rings. The minimum Gasteiger partial charge on any atom is -0.465 e. The maximum Gasteiger partial charge on any atom is 0.341 e. The third-order valence-electron chi connectivity index (χ3n) is 4.45. The van der Waals surface area contributed by atoms with Gasteiger partial charge in [-0.3, -0.25) is 9.78 Å². The van der Waals surface area contributed by atoms with E-state index in [2.05, 4.69) is 25.4 Å². The van der Waals surface area contributed by atoms with E-state index in [4.69, 9.17) is 4.74 Å². The predicted molar refractivity (Wildman–Crippen MR) is 98.3 cm³/mol. The molecule has 28 heavy (non-hydrogen) atoms. The van der Waals surface area contributed by atoms with Crippen LogP contribution < -0.4 is 11.2 Å². The van der Waals surface area contributed by atoms with E-state index >= 15 is 0 Å². The van der Waals surface area contributed by atoms with Crippen LogP contribution in [0.25, 0.3) is 11.3 Å². The zero-order valence-corrected chi connectivity index (χ0v) is 14.8. The Morgan fingerprint density at radius 2 is 1.93 bits per heavy atom. The summed E-state index contributed by atoms with van der Waals surface area (Å²) in [5.41, 5.74) is 0.701. The number of aromatic amines is 3. The molecule has 4 rings (SSSR count). The van der Waals surface area contributed by atoms with E-state index in [9.17, 15) is 14.4 Å². The predicted octanol–water partition coefficient (Wildman–Crippen LogP) is 0.706. The van der Waals surface area contributed by atoms with E-state index in [1.54, 1.807) is 10.8 Å². The molecule has 0 saturated heterocycles. The van der Waals surface area contributed by atoms with Crippen molar-refractivity contribution >= 4 is 5.97 Å². The van der Waals surface area contributed by atoms with Crippen LogP contribution in [0, 0.1) is 0 Å². The van der Waals surface area contributed by atoms with Crippen LogP contribution in [0.3, 0.4) is 0 Å². The van der Waals surface area contributed by atoms with Crippen LogP contribution in [0.1, 0.15) is 27.8 Å². The molecule has 1 atom stereocenters. The topological polar surface area (TPSA) is 139 Å². The van der Waals surface area contributed by atoms with Crippen molar-refractivity contribution in [3.05, 3.63) is 80.5 Å². The van der Waals surface area contributed by atoms with Crippen LogP contribution in [0.2, 0.25) is 0 Å². The number of methoxy groups -OCH3 is 1. The standard InChI is InChI=1S/C18H16N6O4/c1-28-17(26)12-9-24(8-11-14(12)20-22-16(11)25)13(15-19-18(27)23-21-15)7-10-5-3-2-4-6-10/h2-6,8-9,13H,7H2,1H3,(H,22,25)(H2,19,21,23,27)/t13-/m1/s1. The second-order valence-electron chi connectivity index (χ2n) is 6.19. The number of rotatable bonds is 5. The zero-order chi connectivity index (χ0) is 19.7. The van der Waals surface area contributed by atoms with Gasteiger partial charge in [0.15, 0.2) is 5.82 Å². The van der Waals surface area contributed by atoms with Crippen molar-refractivity contribution < 1.29 is 9.53 Å². The summed E-state index contributed by atoms with van der Waals surface area (Å²) >= 11 is 0. The molecule has 1 aromatic carbocycles. The van der Waals surface area contributed by atoms with Gasteiger partial charge in [-0.25, -0.2) is 19.8 Å². The van der Waals surface area contributed by atoms with E-state index in [0.717, 1.165) is 5.56 Å². The van der Waals surface area contributed by atoms with Crippen molar-refractivity contribution in [3.8, 4) is 11.3 Å². The van der Waals surface area contributed by atoms with Crippen LogP contribution in [-0.2, 0) is 11.2 Å². The van der Waals surface area contributed by atoms with Gasteiger partial charge < -0.3 is 9.30 Å². The Kier molecular flexibility index (Phi) is 4.36. The summed E-state index contributed by atoms with van der Waals surface area (Å²) in [5, 5.41) is 12.7. The number of esters is 1. The van der Waals surface area contributed by atoms with Gasteiger partial charge in [0.25, 0.3) is 5.56 Å². The highest BCUT2D eigenvalue weighted by molar-refractivity contribution is 5.95. The zero-order valence-electron chi connectivity index (χ0n) is 14.8. The van der Waals surface area contributed by atoms with Gasteiger partial charge in [0.1, 0.15) is 11.3 Å². The number of nitrogens with zero attached hydrogens (tertiary/aromatic N) is 3. The average Bonchev–Trinajstić information content (AvgIpc) is 3.31. The molecule has 2 aliphatic heterocycles. The van der Waals surface area contributed by atoms with Gasteiger partial charge in [0.2, 0.25) is 0 Å². The number of hydrogen-bond donors (Lipinski definition) is 3.